The minimum absolute atomic E-state index is 0.0796. The van der Waals surface area contributed by atoms with Gasteiger partial charge in [-0.15, -0.1) is 0 Å². The van der Waals surface area contributed by atoms with E-state index in [2.05, 4.69) is 10.0 Å². The molecule has 1 atom stereocenters. The first-order chi connectivity index (χ1) is 14.9. The van der Waals surface area contributed by atoms with Crippen molar-refractivity contribution in [3.63, 3.8) is 0 Å². The fraction of sp³-hybridized carbons (Fsp3) is 0.409. The van der Waals surface area contributed by atoms with Crippen LogP contribution < -0.4 is 19.5 Å². The first-order valence-corrected chi connectivity index (χ1v) is 11.8. The van der Waals surface area contributed by atoms with E-state index in [4.69, 9.17) is 14.2 Å². The topological polar surface area (TPSA) is 103 Å². The lowest BCUT2D eigenvalue weighted by molar-refractivity contribution is 0.102. The molecule has 0 radical (unpaired) electrons. The van der Waals surface area contributed by atoms with E-state index in [1.165, 1.54) is 12.1 Å². The van der Waals surface area contributed by atoms with E-state index < -0.39 is 10.0 Å². The Morgan fingerprint density at radius 3 is 2.42 bits per heavy atom. The summed E-state index contributed by atoms with van der Waals surface area (Å²) in [5.74, 6) is 0.734. The summed E-state index contributed by atoms with van der Waals surface area (Å²) >= 11 is 0. The summed E-state index contributed by atoms with van der Waals surface area (Å²) < 4.78 is 44.0. The molecule has 31 heavy (non-hydrogen) atoms. The quantitative estimate of drug-likeness (QED) is 0.579. The van der Waals surface area contributed by atoms with Gasteiger partial charge in [-0.2, -0.15) is 0 Å². The third-order valence-electron chi connectivity index (χ3n) is 4.75. The first kappa shape index (κ1) is 23.1. The fourth-order valence-electron chi connectivity index (χ4n) is 3.20. The average molecular weight is 449 g/mol. The van der Waals surface area contributed by atoms with Gasteiger partial charge in [-0.25, -0.2) is 13.1 Å². The molecule has 1 fully saturated rings. The maximum atomic E-state index is 12.6. The number of sulfonamides is 1. The molecule has 0 saturated carbocycles. The number of anilines is 1. The predicted octanol–water partition coefficient (Wildman–Crippen LogP) is 3.19. The molecule has 1 aliphatic rings. The Balaban J connectivity index is 1.65. The molecule has 1 amide bonds. The van der Waals surface area contributed by atoms with Gasteiger partial charge >= 0.3 is 0 Å². The number of carbonyl (C=O) groups is 1. The highest BCUT2D eigenvalue weighted by atomic mass is 32.2. The van der Waals surface area contributed by atoms with E-state index in [9.17, 15) is 13.2 Å². The van der Waals surface area contributed by atoms with E-state index in [0.717, 1.165) is 12.8 Å². The lowest BCUT2D eigenvalue weighted by Crippen LogP contribution is -2.31. The number of carbonyl (C=O) groups excluding carboxylic acids is 1. The fourth-order valence-corrected chi connectivity index (χ4v) is 4.27. The molecule has 9 heteroatoms. The van der Waals surface area contributed by atoms with Crippen LogP contribution in [0.15, 0.2) is 47.4 Å². The monoisotopic (exact) mass is 448 g/mol. The minimum atomic E-state index is -3.64. The van der Waals surface area contributed by atoms with Gasteiger partial charge in [0.15, 0.2) is 11.5 Å². The van der Waals surface area contributed by atoms with Gasteiger partial charge in [-0.1, -0.05) is 0 Å². The second-order valence-corrected chi connectivity index (χ2v) is 8.76. The van der Waals surface area contributed by atoms with Gasteiger partial charge in [0.2, 0.25) is 10.0 Å². The summed E-state index contributed by atoms with van der Waals surface area (Å²) in [7, 11) is -3.64. The molecule has 2 aromatic rings. The summed E-state index contributed by atoms with van der Waals surface area (Å²) in [4.78, 5) is 12.7. The molecule has 1 saturated heterocycles. The molecular weight excluding hydrogens is 420 g/mol. The maximum Gasteiger partial charge on any atom is 0.255 e. The molecule has 0 aliphatic carbocycles. The molecule has 1 heterocycles. The van der Waals surface area contributed by atoms with Gasteiger partial charge in [0.05, 0.1) is 24.2 Å². The van der Waals surface area contributed by atoms with Crippen LogP contribution >= 0.6 is 0 Å². The Morgan fingerprint density at radius 2 is 1.77 bits per heavy atom. The normalized spacial score (nSPS) is 16.1. The van der Waals surface area contributed by atoms with Gasteiger partial charge in [-0.3, -0.25) is 4.79 Å². The van der Waals surface area contributed by atoms with Crippen molar-refractivity contribution >= 4 is 21.6 Å². The van der Waals surface area contributed by atoms with E-state index in [1.807, 2.05) is 13.8 Å². The smallest absolute Gasteiger partial charge is 0.255 e. The SMILES string of the molecule is CCOc1ccc(C(=O)Nc2ccc(S(=O)(=O)NC[C@H]3CCCO3)cc2)cc1OCC. The summed E-state index contributed by atoms with van der Waals surface area (Å²) in [6.45, 7) is 5.58. The minimum Gasteiger partial charge on any atom is -0.490 e. The third-order valence-corrected chi connectivity index (χ3v) is 6.19. The van der Waals surface area contributed by atoms with E-state index in [1.54, 1.807) is 30.3 Å². The largest absolute Gasteiger partial charge is 0.490 e. The van der Waals surface area contributed by atoms with Crippen LogP contribution in [0.25, 0.3) is 0 Å². The standard InChI is InChI=1S/C22H28N2O6S/c1-3-28-20-12-7-16(14-21(20)29-4-2)22(25)24-17-8-10-19(11-9-17)31(26,27)23-15-18-6-5-13-30-18/h7-12,14,18,23H,3-6,13,15H2,1-2H3,(H,24,25)/t18-/m1/s1. The number of hydrogen-bond donors (Lipinski definition) is 2. The Bertz CT molecular complexity index is 986. The average Bonchev–Trinajstić information content (AvgIpc) is 3.28. The van der Waals surface area contributed by atoms with E-state index >= 15 is 0 Å². The molecule has 1 aliphatic heterocycles. The zero-order valence-electron chi connectivity index (χ0n) is 17.7. The Kier molecular flexibility index (Phi) is 7.89. The van der Waals surface area contributed by atoms with Crippen molar-refractivity contribution in [2.24, 2.45) is 0 Å². The highest BCUT2D eigenvalue weighted by Gasteiger charge is 2.20. The number of benzene rings is 2. The number of hydrogen-bond acceptors (Lipinski definition) is 6. The Morgan fingerprint density at radius 1 is 1.06 bits per heavy atom. The van der Waals surface area contributed by atoms with Crippen molar-refractivity contribution in [2.75, 3.05) is 31.7 Å². The van der Waals surface area contributed by atoms with Crippen LogP contribution in [-0.2, 0) is 14.8 Å². The molecule has 0 spiro atoms. The number of nitrogens with one attached hydrogen (secondary N) is 2. The predicted molar refractivity (Wildman–Crippen MR) is 117 cm³/mol. The van der Waals surface area contributed by atoms with Crippen molar-refractivity contribution in [1.82, 2.24) is 4.72 Å². The molecule has 0 bridgehead atoms. The van der Waals surface area contributed by atoms with Gasteiger partial charge in [0, 0.05) is 24.4 Å². The first-order valence-electron chi connectivity index (χ1n) is 10.3. The van der Waals surface area contributed by atoms with Gasteiger partial charge in [0.1, 0.15) is 0 Å². The van der Waals surface area contributed by atoms with Crippen LogP contribution in [0.2, 0.25) is 0 Å². The lowest BCUT2D eigenvalue weighted by Gasteiger charge is -2.13. The van der Waals surface area contributed by atoms with Crippen molar-refractivity contribution in [3.05, 3.63) is 48.0 Å². The van der Waals surface area contributed by atoms with Crippen LogP contribution in [0, 0.1) is 0 Å². The number of rotatable bonds is 10. The Labute approximate surface area is 182 Å². The zero-order valence-corrected chi connectivity index (χ0v) is 18.5. The summed E-state index contributed by atoms with van der Waals surface area (Å²) in [6.07, 6.45) is 1.72. The molecule has 2 N–H and O–H groups in total. The molecule has 8 nitrogen and oxygen atoms in total. The molecular formula is C22H28N2O6S. The molecule has 3 rings (SSSR count). The van der Waals surface area contributed by atoms with Crippen molar-refractivity contribution in [3.8, 4) is 11.5 Å². The second kappa shape index (κ2) is 10.6. The van der Waals surface area contributed by atoms with Crippen LogP contribution in [0.3, 0.4) is 0 Å². The van der Waals surface area contributed by atoms with Crippen molar-refractivity contribution < 1.29 is 27.4 Å². The van der Waals surface area contributed by atoms with Crippen LogP contribution in [0.4, 0.5) is 5.69 Å². The highest BCUT2D eigenvalue weighted by molar-refractivity contribution is 7.89. The second-order valence-electron chi connectivity index (χ2n) is 6.99. The molecule has 2 aromatic carbocycles. The van der Waals surface area contributed by atoms with Crippen molar-refractivity contribution in [1.29, 1.82) is 0 Å². The Hall–Kier alpha value is -2.62. The molecule has 0 aromatic heterocycles. The maximum absolute atomic E-state index is 12.6. The van der Waals surface area contributed by atoms with Gasteiger partial charge < -0.3 is 19.5 Å². The summed E-state index contributed by atoms with van der Waals surface area (Å²) in [6, 6.07) is 11.0. The highest BCUT2D eigenvalue weighted by Crippen LogP contribution is 2.29. The van der Waals surface area contributed by atoms with E-state index in [0.29, 0.717) is 42.6 Å². The van der Waals surface area contributed by atoms with Gasteiger partial charge in [0.25, 0.3) is 5.91 Å². The van der Waals surface area contributed by atoms with Crippen LogP contribution in [-0.4, -0.2) is 46.8 Å². The van der Waals surface area contributed by atoms with Crippen LogP contribution in [0.5, 0.6) is 11.5 Å². The van der Waals surface area contributed by atoms with E-state index in [-0.39, 0.29) is 23.5 Å². The third kappa shape index (κ3) is 6.19. The van der Waals surface area contributed by atoms with Crippen molar-refractivity contribution in [2.45, 2.75) is 37.7 Å². The summed E-state index contributed by atoms with van der Waals surface area (Å²) in [5.41, 5.74) is 0.886. The number of ether oxygens (including phenoxy) is 3. The summed E-state index contributed by atoms with van der Waals surface area (Å²) in [5, 5.41) is 2.76. The molecule has 0 unspecified atom stereocenters. The van der Waals surface area contributed by atoms with Crippen LogP contribution in [0.1, 0.15) is 37.0 Å². The molecule has 168 valence electrons. The number of amides is 1. The van der Waals surface area contributed by atoms with Gasteiger partial charge in [-0.05, 0) is 69.2 Å². The lowest BCUT2D eigenvalue weighted by atomic mass is 10.2. The zero-order chi connectivity index (χ0) is 22.3.